The fraction of sp³-hybridized carbons (Fsp3) is 0.286. The number of para-hydroxylation sites is 1. The fourth-order valence-electron chi connectivity index (χ4n) is 3.60. The molecule has 1 aliphatic rings. The van der Waals surface area contributed by atoms with Gasteiger partial charge in [-0.25, -0.2) is 0 Å². The van der Waals surface area contributed by atoms with Crippen molar-refractivity contribution in [3.63, 3.8) is 0 Å². The van der Waals surface area contributed by atoms with Gasteiger partial charge in [0.15, 0.2) is 0 Å². The molecule has 0 bridgehead atoms. The predicted molar refractivity (Wildman–Crippen MR) is 97.8 cm³/mol. The molecular formula is C21H20F3NO2. The van der Waals surface area contributed by atoms with Crippen LogP contribution >= 0.6 is 0 Å². The van der Waals surface area contributed by atoms with Gasteiger partial charge in [-0.3, -0.25) is 4.79 Å². The van der Waals surface area contributed by atoms with Crippen molar-refractivity contribution in [2.24, 2.45) is 5.92 Å². The third-order valence-corrected chi connectivity index (χ3v) is 4.91. The van der Waals surface area contributed by atoms with Crippen LogP contribution in [0.3, 0.4) is 0 Å². The molecule has 27 heavy (non-hydrogen) atoms. The van der Waals surface area contributed by atoms with Gasteiger partial charge in [0, 0.05) is 17.5 Å². The normalized spacial score (nSPS) is 19.6. The molecule has 0 saturated heterocycles. The summed E-state index contributed by atoms with van der Waals surface area (Å²) in [5.41, 5.74) is 0.948. The number of carbonyl (C=O) groups is 1. The van der Waals surface area contributed by atoms with Crippen LogP contribution in [0.15, 0.2) is 55.1 Å². The van der Waals surface area contributed by atoms with E-state index in [0.29, 0.717) is 23.4 Å². The second-order valence-electron chi connectivity index (χ2n) is 6.54. The maximum Gasteiger partial charge on any atom is 0.416 e. The Labute approximate surface area is 155 Å². The highest BCUT2D eigenvalue weighted by atomic mass is 19.4. The van der Waals surface area contributed by atoms with Crippen molar-refractivity contribution < 1.29 is 22.7 Å². The molecule has 0 saturated carbocycles. The van der Waals surface area contributed by atoms with Crippen LogP contribution in [-0.4, -0.2) is 13.0 Å². The van der Waals surface area contributed by atoms with E-state index in [1.165, 1.54) is 13.2 Å². The molecule has 0 spiro atoms. The van der Waals surface area contributed by atoms with Crippen molar-refractivity contribution in [3.8, 4) is 5.75 Å². The first-order chi connectivity index (χ1) is 12.8. The van der Waals surface area contributed by atoms with Gasteiger partial charge in [-0.2, -0.15) is 13.2 Å². The molecule has 1 aliphatic heterocycles. The van der Waals surface area contributed by atoms with E-state index < -0.39 is 17.7 Å². The number of hydrogen-bond donors (Lipinski definition) is 1. The lowest BCUT2D eigenvalue weighted by molar-refractivity contribution is -0.137. The summed E-state index contributed by atoms with van der Waals surface area (Å²) in [6.07, 6.45) is -2.08. The number of benzene rings is 2. The quantitative estimate of drug-likeness (QED) is 0.748. The Hall–Kier alpha value is -2.76. The highest BCUT2D eigenvalue weighted by Crippen LogP contribution is 2.42. The minimum atomic E-state index is -4.44. The van der Waals surface area contributed by atoms with Crippen LogP contribution in [0.4, 0.5) is 18.9 Å². The van der Waals surface area contributed by atoms with Crippen molar-refractivity contribution in [1.29, 1.82) is 0 Å². The molecule has 0 aliphatic carbocycles. The number of hydrogen-bond acceptors (Lipinski definition) is 2. The Balaban J connectivity index is 2.12. The molecule has 2 atom stereocenters. The van der Waals surface area contributed by atoms with Gasteiger partial charge >= 0.3 is 6.18 Å². The predicted octanol–water partition coefficient (Wildman–Crippen LogP) is 5.18. The largest absolute Gasteiger partial charge is 0.496 e. The highest BCUT2D eigenvalue weighted by molar-refractivity contribution is 5.95. The number of halogens is 3. The van der Waals surface area contributed by atoms with E-state index >= 15 is 0 Å². The number of methoxy groups -OCH3 is 1. The number of anilines is 1. The number of carbonyl (C=O) groups excluding carboxylic acids is 1. The zero-order valence-corrected chi connectivity index (χ0v) is 14.8. The molecule has 6 heteroatoms. The standard InChI is InChI=1S/C21H20F3NO2/c1-3-6-16-17(15-7-4-5-8-19(15)27-2)12-13-11-14(21(22,23)24)9-10-18(13)25-20(16)26/h3-5,7-11,16-17H,1,6,12H2,2H3,(H,25,26)/t16-,17+/m1/s1. The Morgan fingerprint density at radius 2 is 2.00 bits per heavy atom. The molecule has 0 aromatic heterocycles. The Morgan fingerprint density at radius 3 is 2.67 bits per heavy atom. The van der Waals surface area contributed by atoms with E-state index in [1.807, 2.05) is 18.2 Å². The molecule has 0 radical (unpaired) electrons. The molecule has 2 aromatic rings. The summed E-state index contributed by atoms with van der Waals surface area (Å²) in [6, 6.07) is 10.7. The van der Waals surface area contributed by atoms with Crippen LogP contribution in [0.2, 0.25) is 0 Å². The van der Waals surface area contributed by atoms with E-state index in [2.05, 4.69) is 11.9 Å². The second kappa shape index (κ2) is 7.47. The monoisotopic (exact) mass is 375 g/mol. The number of amides is 1. The lowest BCUT2D eigenvalue weighted by Crippen LogP contribution is -2.26. The lowest BCUT2D eigenvalue weighted by atomic mass is 9.79. The first-order valence-corrected chi connectivity index (χ1v) is 8.60. The smallest absolute Gasteiger partial charge is 0.416 e. The van der Waals surface area contributed by atoms with E-state index in [4.69, 9.17) is 4.74 Å². The third kappa shape index (κ3) is 3.84. The molecule has 142 valence electrons. The van der Waals surface area contributed by atoms with Crippen LogP contribution in [-0.2, 0) is 17.4 Å². The molecule has 0 fully saturated rings. The van der Waals surface area contributed by atoms with Crippen LogP contribution in [0, 0.1) is 5.92 Å². The Morgan fingerprint density at radius 1 is 1.26 bits per heavy atom. The van der Waals surface area contributed by atoms with E-state index in [1.54, 1.807) is 12.1 Å². The first-order valence-electron chi connectivity index (χ1n) is 8.60. The molecule has 2 aromatic carbocycles. The van der Waals surface area contributed by atoms with E-state index in [0.717, 1.165) is 17.7 Å². The van der Waals surface area contributed by atoms with Crippen LogP contribution in [0.5, 0.6) is 5.75 Å². The topological polar surface area (TPSA) is 38.3 Å². The highest BCUT2D eigenvalue weighted by Gasteiger charge is 2.36. The van der Waals surface area contributed by atoms with Gasteiger partial charge in [0.2, 0.25) is 5.91 Å². The average Bonchev–Trinajstić information content (AvgIpc) is 2.77. The Bertz CT molecular complexity index is 861. The number of rotatable bonds is 4. The number of ether oxygens (including phenoxy) is 1. The summed E-state index contributed by atoms with van der Waals surface area (Å²) >= 11 is 0. The number of alkyl halides is 3. The summed E-state index contributed by atoms with van der Waals surface area (Å²) in [4.78, 5) is 12.8. The average molecular weight is 375 g/mol. The van der Waals surface area contributed by atoms with Gasteiger partial charge in [0.05, 0.1) is 12.7 Å². The van der Waals surface area contributed by atoms with Crippen molar-refractivity contribution >= 4 is 11.6 Å². The second-order valence-corrected chi connectivity index (χ2v) is 6.54. The summed E-state index contributed by atoms with van der Waals surface area (Å²) in [7, 11) is 1.54. The SMILES string of the molecule is C=CC[C@H]1C(=O)Nc2ccc(C(F)(F)F)cc2C[C@H]1c1ccccc1OC. The minimum absolute atomic E-state index is 0.232. The molecule has 1 amide bonds. The molecule has 3 rings (SSSR count). The summed E-state index contributed by atoms with van der Waals surface area (Å²) < 4.78 is 44.9. The maximum absolute atomic E-state index is 13.2. The Kier molecular flexibility index (Phi) is 5.26. The van der Waals surface area contributed by atoms with Gasteiger partial charge in [-0.05, 0) is 48.2 Å². The van der Waals surface area contributed by atoms with Crippen molar-refractivity contribution in [2.75, 3.05) is 12.4 Å². The zero-order valence-electron chi connectivity index (χ0n) is 14.8. The van der Waals surface area contributed by atoms with Crippen molar-refractivity contribution in [3.05, 3.63) is 71.8 Å². The fourth-order valence-corrected chi connectivity index (χ4v) is 3.60. The summed E-state index contributed by atoms with van der Waals surface area (Å²) in [6.45, 7) is 3.73. The number of allylic oxidation sites excluding steroid dienone is 1. The molecule has 1 N–H and O–H groups in total. The minimum Gasteiger partial charge on any atom is -0.496 e. The molecule has 0 unspecified atom stereocenters. The number of fused-ring (bicyclic) bond motifs is 1. The van der Waals surface area contributed by atoms with Gasteiger partial charge in [0.1, 0.15) is 5.75 Å². The lowest BCUT2D eigenvalue weighted by Gasteiger charge is -2.25. The summed E-state index contributed by atoms with van der Waals surface area (Å²) in [5, 5.41) is 2.78. The van der Waals surface area contributed by atoms with Crippen LogP contribution < -0.4 is 10.1 Å². The molecule has 1 heterocycles. The summed E-state index contributed by atoms with van der Waals surface area (Å²) in [5.74, 6) is -0.409. The zero-order chi connectivity index (χ0) is 19.6. The first kappa shape index (κ1) is 19.0. The van der Waals surface area contributed by atoms with Crippen molar-refractivity contribution in [2.45, 2.75) is 24.9 Å². The van der Waals surface area contributed by atoms with Gasteiger partial charge in [-0.15, -0.1) is 6.58 Å². The van der Waals surface area contributed by atoms with E-state index in [9.17, 15) is 18.0 Å². The van der Waals surface area contributed by atoms with Gasteiger partial charge < -0.3 is 10.1 Å². The van der Waals surface area contributed by atoms with Crippen LogP contribution in [0.1, 0.15) is 29.0 Å². The van der Waals surface area contributed by atoms with Crippen LogP contribution in [0.25, 0.3) is 0 Å². The molecular weight excluding hydrogens is 355 g/mol. The maximum atomic E-state index is 13.2. The van der Waals surface area contributed by atoms with Gasteiger partial charge in [0.25, 0.3) is 0 Å². The van der Waals surface area contributed by atoms with E-state index in [-0.39, 0.29) is 18.2 Å². The molecule has 3 nitrogen and oxygen atoms in total. The van der Waals surface area contributed by atoms with Crippen molar-refractivity contribution in [1.82, 2.24) is 0 Å². The third-order valence-electron chi connectivity index (χ3n) is 4.91. The van der Waals surface area contributed by atoms with Gasteiger partial charge in [-0.1, -0.05) is 24.3 Å². The number of nitrogens with one attached hydrogen (secondary N) is 1.